The molecule has 0 aliphatic heterocycles. The Labute approximate surface area is 123 Å². The maximum Gasteiger partial charge on any atom is 0.335 e. The van der Waals surface area contributed by atoms with Gasteiger partial charge in [-0.25, -0.2) is 4.79 Å². The summed E-state index contributed by atoms with van der Waals surface area (Å²) in [6.07, 6.45) is 0. The van der Waals surface area contributed by atoms with Crippen LogP contribution in [-0.2, 0) is 14.2 Å². The van der Waals surface area contributed by atoms with Gasteiger partial charge in [-0.2, -0.15) is 0 Å². The molecule has 0 saturated heterocycles. The van der Waals surface area contributed by atoms with Gasteiger partial charge in [0.15, 0.2) is 0 Å². The van der Waals surface area contributed by atoms with Gasteiger partial charge in [0, 0.05) is 17.8 Å². The molecule has 0 aliphatic carbocycles. The molecule has 112 valence electrons. The highest BCUT2D eigenvalue weighted by Crippen LogP contribution is 2.18. The van der Waals surface area contributed by atoms with Crippen LogP contribution in [0.5, 0.6) is 0 Å². The molecule has 0 heterocycles. The van der Waals surface area contributed by atoms with E-state index >= 15 is 0 Å². The molecule has 1 rings (SSSR count). The predicted octanol–water partition coefficient (Wildman–Crippen LogP) is 2.16. The fourth-order valence-corrected chi connectivity index (χ4v) is 2.22. The molecule has 0 fully saturated rings. The highest BCUT2D eigenvalue weighted by molar-refractivity contribution is 7.99. The summed E-state index contributed by atoms with van der Waals surface area (Å²) in [4.78, 5) is 11.8. The number of aromatic carboxylic acids is 1. The normalized spacial score (nSPS) is 10.7. The van der Waals surface area contributed by atoms with Crippen LogP contribution in [0.25, 0.3) is 0 Å². The largest absolute Gasteiger partial charge is 0.478 e. The zero-order valence-corrected chi connectivity index (χ0v) is 12.4. The minimum atomic E-state index is -0.906. The van der Waals surface area contributed by atoms with E-state index in [1.165, 1.54) is 0 Å². The minimum absolute atomic E-state index is 0.308. The second kappa shape index (κ2) is 10.7. The Kier molecular flexibility index (Phi) is 9.06. The van der Waals surface area contributed by atoms with Crippen LogP contribution in [0.2, 0.25) is 0 Å². The molecule has 0 aliphatic rings. The number of methoxy groups -OCH3 is 1. The number of hydrogen-bond acceptors (Lipinski definition) is 5. The lowest BCUT2D eigenvalue weighted by atomic mass is 10.2. The Morgan fingerprint density at radius 3 is 2.55 bits per heavy atom. The van der Waals surface area contributed by atoms with Crippen LogP contribution < -0.4 is 0 Å². The van der Waals surface area contributed by atoms with Crippen molar-refractivity contribution in [1.29, 1.82) is 0 Å². The molecular formula is C14H20O5S. The highest BCUT2D eigenvalue weighted by Gasteiger charge is 2.03. The van der Waals surface area contributed by atoms with Gasteiger partial charge in [0.1, 0.15) is 0 Å². The van der Waals surface area contributed by atoms with Gasteiger partial charge in [0.05, 0.1) is 38.6 Å². The standard InChI is InChI=1S/C14H20O5S/c1-17-5-6-18-7-8-19-9-10-20-13-4-2-3-12(11-13)14(15)16/h2-4,11H,5-10H2,1H3,(H,15,16). The summed E-state index contributed by atoms with van der Waals surface area (Å²) < 4.78 is 15.5. The van der Waals surface area contributed by atoms with Crippen LogP contribution in [0.15, 0.2) is 29.2 Å². The van der Waals surface area contributed by atoms with Crippen LogP contribution >= 0.6 is 11.8 Å². The van der Waals surface area contributed by atoms with Crippen molar-refractivity contribution in [2.75, 3.05) is 45.9 Å². The van der Waals surface area contributed by atoms with Crippen molar-refractivity contribution in [3.05, 3.63) is 29.8 Å². The molecule has 6 heteroatoms. The summed E-state index contributed by atoms with van der Waals surface area (Å²) in [6, 6.07) is 6.89. The quantitative estimate of drug-likeness (QED) is 0.499. The van der Waals surface area contributed by atoms with Crippen molar-refractivity contribution in [2.45, 2.75) is 4.90 Å². The number of ether oxygens (including phenoxy) is 3. The van der Waals surface area contributed by atoms with E-state index in [9.17, 15) is 4.79 Å². The molecule has 1 aromatic carbocycles. The zero-order valence-electron chi connectivity index (χ0n) is 11.5. The molecule has 0 amide bonds. The molecule has 20 heavy (non-hydrogen) atoms. The second-order valence-corrected chi connectivity index (χ2v) is 5.07. The van der Waals surface area contributed by atoms with Crippen LogP contribution in [0.3, 0.4) is 0 Å². The van der Waals surface area contributed by atoms with Gasteiger partial charge in [0.25, 0.3) is 0 Å². The number of rotatable bonds is 11. The van der Waals surface area contributed by atoms with Gasteiger partial charge >= 0.3 is 5.97 Å². The van der Waals surface area contributed by atoms with E-state index < -0.39 is 5.97 Å². The first kappa shape index (κ1) is 17.0. The lowest BCUT2D eigenvalue weighted by Gasteiger charge is -2.06. The molecular weight excluding hydrogens is 280 g/mol. The second-order valence-electron chi connectivity index (χ2n) is 3.90. The first-order chi connectivity index (χ1) is 9.74. The van der Waals surface area contributed by atoms with Gasteiger partial charge in [-0.15, -0.1) is 11.8 Å². The SMILES string of the molecule is COCCOCCOCCSc1cccc(C(=O)O)c1. The fraction of sp³-hybridized carbons (Fsp3) is 0.500. The summed E-state index contributed by atoms with van der Waals surface area (Å²) in [7, 11) is 1.64. The van der Waals surface area contributed by atoms with Crippen LogP contribution in [0.1, 0.15) is 10.4 Å². The maximum atomic E-state index is 10.8. The van der Waals surface area contributed by atoms with E-state index in [0.29, 0.717) is 38.6 Å². The number of carboxylic acid groups (broad SMARTS) is 1. The summed E-state index contributed by atoms with van der Waals surface area (Å²) >= 11 is 1.57. The van der Waals surface area contributed by atoms with Gasteiger partial charge < -0.3 is 19.3 Å². The smallest absolute Gasteiger partial charge is 0.335 e. The van der Waals surface area contributed by atoms with Crippen LogP contribution in [0.4, 0.5) is 0 Å². The van der Waals surface area contributed by atoms with E-state index in [4.69, 9.17) is 19.3 Å². The third-order valence-corrected chi connectivity index (χ3v) is 3.34. The molecule has 0 saturated carbocycles. The number of thioether (sulfide) groups is 1. The van der Waals surface area contributed by atoms with Gasteiger partial charge in [-0.3, -0.25) is 0 Å². The molecule has 0 aromatic heterocycles. The third-order valence-electron chi connectivity index (χ3n) is 2.38. The fourth-order valence-electron chi connectivity index (χ4n) is 1.40. The molecule has 0 atom stereocenters. The summed E-state index contributed by atoms with van der Waals surface area (Å²) in [5.74, 6) is -0.127. The van der Waals surface area contributed by atoms with Crippen molar-refractivity contribution in [2.24, 2.45) is 0 Å². The molecule has 0 unspecified atom stereocenters. The van der Waals surface area contributed by atoms with Crippen molar-refractivity contribution >= 4 is 17.7 Å². The van der Waals surface area contributed by atoms with E-state index in [0.717, 1.165) is 10.6 Å². The zero-order chi connectivity index (χ0) is 14.6. The topological polar surface area (TPSA) is 65.0 Å². The summed E-state index contributed by atoms with van der Waals surface area (Å²) in [5.41, 5.74) is 0.308. The predicted molar refractivity (Wildman–Crippen MR) is 77.6 cm³/mol. The highest BCUT2D eigenvalue weighted by atomic mass is 32.2. The van der Waals surface area contributed by atoms with Crippen molar-refractivity contribution in [1.82, 2.24) is 0 Å². The number of carbonyl (C=O) groups is 1. The molecule has 1 N–H and O–H groups in total. The van der Waals surface area contributed by atoms with Gasteiger partial charge in [-0.05, 0) is 18.2 Å². The summed E-state index contributed by atoms with van der Waals surface area (Å²) in [5, 5.41) is 8.88. The maximum absolute atomic E-state index is 10.8. The van der Waals surface area contributed by atoms with Gasteiger partial charge in [-0.1, -0.05) is 6.07 Å². The average Bonchev–Trinajstić information content (AvgIpc) is 2.46. The first-order valence-electron chi connectivity index (χ1n) is 6.34. The van der Waals surface area contributed by atoms with Crippen molar-refractivity contribution in [3.63, 3.8) is 0 Å². The Bertz CT molecular complexity index is 397. The molecule has 0 radical (unpaired) electrons. The Hall–Kier alpha value is -1.08. The number of carboxylic acids is 1. The Morgan fingerprint density at radius 1 is 1.15 bits per heavy atom. The molecule has 1 aromatic rings. The lowest BCUT2D eigenvalue weighted by molar-refractivity contribution is 0.0286. The van der Waals surface area contributed by atoms with Crippen molar-refractivity contribution in [3.8, 4) is 0 Å². The Balaban J connectivity index is 2.06. The number of benzene rings is 1. The van der Waals surface area contributed by atoms with Crippen LogP contribution in [-0.4, -0.2) is 57.0 Å². The molecule has 5 nitrogen and oxygen atoms in total. The molecule has 0 spiro atoms. The van der Waals surface area contributed by atoms with Crippen LogP contribution in [0, 0.1) is 0 Å². The van der Waals surface area contributed by atoms with E-state index in [-0.39, 0.29) is 0 Å². The van der Waals surface area contributed by atoms with Crippen molar-refractivity contribution < 1.29 is 24.1 Å². The average molecular weight is 300 g/mol. The Morgan fingerprint density at radius 2 is 1.85 bits per heavy atom. The summed E-state index contributed by atoms with van der Waals surface area (Å²) in [6.45, 7) is 2.89. The van der Waals surface area contributed by atoms with E-state index in [2.05, 4.69) is 0 Å². The monoisotopic (exact) mass is 300 g/mol. The van der Waals surface area contributed by atoms with E-state index in [1.807, 2.05) is 6.07 Å². The third kappa shape index (κ3) is 7.49. The first-order valence-corrected chi connectivity index (χ1v) is 7.33. The van der Waals surface area contributed by atoms with E-state index in [1.54, 1.807) is 37.1 Å². The number of hydrogen-bond donors (Lipinski definition) is 1. The lowest BCUT2D eigenvalue weighted by Crippen LogP contribution is -2.09. The molecule has 0 bridgehead atoms. The van der Waals surface area contributed by atoms with Gasteiger partial charge in [0.2, 0.25) is 0 Å². The minimum Gasteiger partial charge on any atom is -0.478 e.